The van der Waals surface area contributed by atoms with Gasteiger partial charge in [0.05, 0.1) is 37.5 Å². The summed E-state index contributed by atoms with van der Waals surface area (Å²) >= 11 is 0. The molecule has 0 fully saturated rings. The third kappa shape index (κ3) is 3.37. The van der Waals surface area contributed by atoms with E-state index in [2.05, 4.69) is 0 Å². The molecule has 0 amide bonds. The highest BCUT2D eigenvalue weighted by Gasteiger charge is 2.22. The molecular formula is C27H25N3O4. The zero-order chi connectivity index (χ0) is 24.0. The lowest BCUT2D eigenvalue weighted by Crippen LogP contribution is -2.39. The topological polar surface area (TPSA) is 67.4 Å². The smallest absolute Gasteiger partial charge is 0.336 e. The number of hydrogen-bond donors (Lipinski definition) is 0. The monoisotopic (exact) mass is 455 g/mol. The second-order valence-electron chi connectivity index (χ2n) is 8.34. The standard InChI is InChI=1S/C27H25N3O4/c1-17-7-5-9-19(13-17)30-26(31)25-24(22-15-21(34-4)11-12-23(22)28(25)2)29(27(30)32)16-18-8-6-10-20(14-18)33-3/h5-15H,16H2,1-4H3. The number of methoxy groups -OCH3 is 2. The minimum atomic E-state index is -0.402. The molecule has 0 aliphatic heterocycles. The zero-order valence-electron chi connectivity index (χ0n) is 19.5. The van der Waals surface area contributed by atoms with Crippen molar-refractivity contribution in [1.82, 2.24) is 13.7 Å². The van der Waals surface area contributed by atoms with Crippen LogP contribution >= 0.6 is 0 Å². The lowest BCUT2D eigenvalue weighted by atomic mass is 10.2. The van der Waals surface area contributed by atoms with Crippen LogP contribution in [-0.2, 0) is 13.6 Å². The highest BCUT2D eigenvalue weighted by Crippen LogP contribution is 2.29. The summed E-state index contributed by atoms with van der Waals surface area (Å²) in [5.74, 6) is 1.36. The van der Waals surface area contributed by atoms with Crippen molar-refractivity contribution in [2.75, 3.05) is 14.2 Å². The first-order valence-electron chi connectivity index (χ1n) is 10.9. The molecule has 2 aromatic heterocycles. The number of aryl methyl sites for hydroxylation is 2. The maximum atomic E-state index is 13.9. The Morgan fingerprint density at radius 3 is 2.29 bits per heavy atom. The van der Waals surface area contributed by atoms with Gasteiger partial charge in [0.25, 0.3) is 5.56 Å². The largest absolute Gasteiger partial charge is 0.497 e. The molecule has 0 spiro atoms. The van der Waals surface area contributed by atoms with Gasteiger partial charge in [0.1, 0.15) is 17.0 Å². The molecule has 0 unspecified atom stereocenters. The molecule has 5 rings (SSSR count). The van der Waals surface area contributed by atoms with E-state index in [0.29, 0.717) is 28.2 Å². The van der Waals surface area contributed by atoms with Crippen LogP contribution in [-0.4, -0.2) is 27.9 Å². The summed E-state index contributed by atoms with van der Waals surface area (Å²) in [6.45, 7) is 2.21. The summed E-state index contributed by atoms with van der Waals surface area (Å²) in [5, 5.41) is 0.783. The van der Waals surface area contributed by atoms with Gasteiger partial charge in [0, 0.05) is 12.4 Å². The molecule has 0 bridgehead atoms. The second kappa shape index (κ2) is 8.26. The first-order valence-corrected chi connectivity index (χ1v) is 10.9. The molecule has 34 heavy (non-hydrogen) atoms. The lowest BCUT2D eigenvalue weighted by molar-refractivity contribution is 0.414. The van der Waals surface area contributed by atoms with E-state index in [1.54, 1.807) is 24.9 Å². The quantitative estimate of drug-likeness (QED) is 0.402. The fourth-order valence-electron chi connectivity index (χ4n) is 4.55. The van der Waals surface area contributed by atoms with E-state index >= 15 is 0 Å². The Morgan fingerprint density at radius 2 is 1.56 bits per heavy atom. The normalized spacial score (nSPS) is 11.3. The van der Waals surface area contributed by atoms with Gasteiger partial charge in [-0.2, -0.15) is 0 Å². The molecule has 7 nitrogen and oxygen atoms in total. The fraction of sp³-hybridized carbons (Fsp3) is 0.185. The van der Waals surface area contributed by atoms with Crippen LogP contribution in [0.3, 0.4) is 0 Å². The maximum absolute atomic E-state index is 13.9. The van der Waals surface area contributed by atoms with Crippen molar-refractivity contribution < 1.29 is 9.47 Å². The molecule has 2 heterocycles. The molecule has 0 atom stereocenters. The molecule has 0 aliphatic carbocycles. The van der Waals surface area contributed by atoms with Gasteiger partial charge in [-0.1, -0.05) is 24.3 Å². The zero-order valence-corrected chi connectivity index (χ0v) is 19.5. The van der Waals surface area contributed by atoms with Gasteiger partial charge >= 0.3 is 5.69 Å². The van der Waals surface area contributed by atoms with Crippen LogP contribution in [0.25, 0.3) is 27.6 Å². The van der Waals surface area contributed by atoms with Crippen molar-refractivity contribution in [2.24, 2.45) is 7.05 Å². The number of nitrogens with zero attached hydrogens (tertiary/aromatic N) is 3. The third-order valence-electron chi connectivity index (χ3n) is 6.21. The molecule has 0 N–H and O–H groups in total. The van der Waals surface area contributed by atoms with Gasteiger partial charge in [-0.15, -0.1) is 0 Å². The highest BCUT2D eigenvalue weighted by molar-refractivity contribution is 6.06. The number of benzene rings is 3. The Balaban J connectivity index is 1.92. The van der Waals surface area contributed by atoms with Crippen LogP contribution in [0.5, 0.6) is 11.5 Å². The second-order valence-corrected chi connectivity index (χ2v) is 8.34. The van der Waals surface area contributed by atoms with Crippen molar-refractivity contribution >= 4 is 21.9 Å². The van der Waals surface area contributed by atoms with Gasteiger partial charge < -0.3 is 14.0 Å². The van der Waals surface area contributed by atoms with E-state index in [9.17, 15) is 9.59 Å². The molecule has 0 aliphatic rings. The summed E-state index contributed by atoms with van der Waals surface area (Å²) in [6.07, 6.45) is 0. The Kier molecular flexibility index (Phi) is 5.24. The van der Waals surface area contributed by atoms with Crippen LogP contribution < -0.4 is 20.7 Å². The Bertz CT molecular complexity index is 1670. The molecule has 3 aromatic carbocycles. The predicted octanol–water partition coefficient (Wildman–Crippen LogP) is 4.02. The van der Waals surface area contributed by atoms with Crippen molar-refractivity contribution in [3.63, 3.8) is 0 Å². The SMILES string of the molecule is COc1cccc(Cn2c(=O)n(-c3cccc(C)c3)c(=O)c3c2c2cc(OC)ccc2n3C)c1. The average Bonchev–Trinajstić information content (AvgIpc) is 3.14. The molecular weight excluding hydrogens is 430 g/mol. The molecule has 0 saturated carbocycles. The Labute approximate surface area is 196 Å². The first kappa shape index (κ1) is 21.6. The van der Waals surface area contributed by atoms with Crippen molar-refractivity contribution in [3.8, 4) is 17.2 Å². The summed E-state index contributed by atoms with van der Waals surface area (Å²) in [6, 6.07) is 20.6. The van der Waals surface area contributed by atoms with Gasteiger partial charge in [-0.05, 0) is 60.5 Å². The lowest BCUT2D eigenvalue weighted by Gasteiger charge is -2.14. The van der Waals surface area contributed by atoms with E-state index in [1.165, 1.54) is 4.57 Å². The van der Waals surface area contributed by atoms with E-state index in [-0.39, 0.29) is 12.1 Å². The van der Waals surface area contributed by atoms with Crippen molar-refractivity contribution in [3.05, 3.63) is 98.7 Å². The van der Waals surface area contributed by atoms with Crippen LogP contribution in [0.4, 0.5) is 0 Å². The van der Waals surface area contributed by atoms with E-state index in [1.807, 2.05) is 79.2 Å². The van der Waals surface area contributed by atoms with Gasteiger partial charge in [-0.3, -0.25) is 9.36 Å². The molecule has 5 aromatic rings. The van der Waals surface area contributed by atoms with Crippen LogP contribution in [0.2, 0.25) is 0 Å². The van der Waals surface area contributed by atoms with Crippen molar-refractivity contribution in [2.45, 2.75) is 13.5 Å². The van der Waals surface area contributed by atoms with E-state index < -0.39 is 5.69 Å². The number of aromatic nitrogens is 3. The van der Waals surface area contributed by atoms with Gasteiger partial charge in [0.15, 0.2) is 0 Å². The van der Waals surface area contributed by atoms with Crippen LogP contribution in [0, 0.1) is 6.92 Å². The summed E-state index contributed by atoms with van der Waals surface area (Å²) in [7, 11) is 5.05. The van der Waals surface area contributed by atoms with Crippen LogP contribution in [0.15, 0.2) is 76.3 Å². The Hall–Kier alpha value is -4.26. The van der Waals surface area contributed by atoms with E-state index in [0.717, 1.165) is 22.0 Å². The van der Waals surface area contributed by atoms with Gasteiger partial charge in [-0.25, -0.2) is 9.36 Å². The predicted molar refractivity (Wildman–Crippen MR) is 134 cm³/mol. The summed E-state index contributed by atoms with van der Waals surface area (Å²) in [4.78, 5) is 27.7. The minimum absolute atomic E-state index is 0.273. The van der Waals surface area contributed by atoms with E-state index in [4.69, 9.17) is 9.47 Å². The number of hydrogen-bond acceptors (Lipinski definition) is 4. The molecule has 172 valence electrons. The maximum Gasteiger partial charge on any atom is 0.336 e. The molecule has 0 radical (unpaired) electrons. The number of fused-ring (bicyclic) bond motifs is 3. The summed E-state index contributed by atoms with van der Waals surface area (Å²) in [5.41, 5.74) is 3.51. The number of ether oxygens (including phenoxy) is 2. The molecule has 0 saturated heterocycles. The third-order valence-corrected chi connectivity index (χ3v) is 6.21. The average molecular weight is 456 g/mol. The molecule has 7 heteroatoms. The number of rotatable bonds is 5. The Morgan fingerprint density at radius 1 is 0.824 bits per heavy atom. The summed E-state index contributed by atoms with van der Waals surface area (Å²) < 4.78 is 15.6. The van der Waals surface area contributed by atoms with Crippen molar-refractivity contribution in [1.29, 1.82) is 0 Å². The van der Waals surface area contributed by atoms with Gasteiger partial charge in [0.2, 0.25) is 0 Å². The first-order chi connectivity index (χ1) is 16.4. The fourth-order valence-corrected chi connectivity index (χ4v) is 4.55. The van der Waals surface area contributed by atoms with Crippen LogP contribution in [0.1, 0.15) is 11.1 Å². The minimum Gasteiger partial charge on any atom is -0.497 e. The highest BCUT2D eigenvalue weighted by atomic mass is 16.5.